The number of benzene rings is 9. The molecule has 0 saturated carbocycles. The van der Waals surface area contributed by atoms with Crippen molar-refractivity contribution in [2.24, 2.45) is 0 Å². The van der Waals surface area contributed by atoms with E-state index in [9.17, 15) is 0 Å². The first-order chi connectivity index (χ1) is 30.7. The molecule has 0 amide bonds. The van der Waals surface area contributed by atoms with Gasteiger partial charge in [0.25, 0.3) is 0 Å². The number of thiophene rings is 1. The standard InChI is InChI=1S/C56H32N4OS/c1-3-14-33(15-4-1)52-44-28-29-47-51(42-21-9-11-24-46(42)61-47)50(44)43-23-13-22-39(53(43)57-52)37-30-35-18-7-8-19-38(35)45(31-37)56-59-54(34-16-5-2-6-17-34)58-55(60-56)36-26-27-41-40-20-10-12-25-48(40)62-49(41)32-36/h1-32H. The minimum absolute atomic E-state index is 0.610. The lowest BCUT2D eigenvalue weighted by atomic mass is 9.91. The summed E-state index contributed by atoms with van der Waals surface area (Å²) in [5, 5.41) is 10.1. The molecule has 9 aromatic carbocycles. The van der Waals surface area contributed by atoms with E-state index in [-0.39, 0.29) is 0 Å². The smallest absolute Gasteiger partial charge is 0.164 e. The minimum atomic E-state index is 0.610. The van der Waals surface area contributed by atoms with Gasteiger partial charge in [0.15, 0.2) is 17.5 Å². The zero-order valence-corrected chi connectivity index (χ0v) is 33.9. The van der Waals surface area contributed by atoms with E-state index in [1.165, 1.54) is 20.2 Å². The number of fused-ring (bicyclic) bond motifs is 11. The Morgan fingerprint density at radius 3 is 1.85 bits per heavy atom. The summed E-state index contributed by atoms with van der Waals surface area (Å²) in [5.74, 6) is 1.86. The van der Waals surface area contributed by atoms with Gasteiger partial charge in [-0.2, -0.15) is 0 Å². The van der Waals surface area contributed by atoms with Gasteiger partial charge in [-0.3, -0.25) is 0 Å². The third-order valence-corrected chi connectivity index (χ3v) is 13.2. The molecule has 0 atom stereocenters. The molecule has 13 rings (SSSR count). The van der Waals surface area contributed by atoms with E-state index in [4.69, 9.17) is 24.4 Å². The van der Waals surface area contributed by atoms with E-state index in [1.807, 2.05) is 30.3 Å². The van der Waals surface area contributed by atoms with E-state index in [0.29, 0.717) is 17.5 Å². The SMILES string of the molecule is c1ccc(-c2nc(-c3ccc4c(c3)sc3ccccc34)nc(-c3cc(-c4cccc5c4nc(-c4ccccc4)c4ccc6oc7ccccc7c6c45)cc4ccccc34)n2)cc1. The first kappa shape index (κ1) is 34.8. The lowest BCUT2D eigenvalue weighted by molar-refractivity contribution is 0.669. The molecule has 0 spiro atoms. The van der Waals surface area contributed by atoms with E-state index in [1.54, 1.807) is 11.3 Å². The third-order valence-electron chi connectivity index (χ3n) is 12.1. The fourth-order valence-electron chi connectivity index (χ4n) is 9.24. The van der Waals surface area contributed by atoms with Crippen LogP contribution in [0.5, 0.6) is 0 Å². The Morgan fingerprint density at radius 1 is 0.339 bits per heavy atom. The number of nitrogens with zero attached hydrogens (tertiary/aromatic N) is 4. The zero-order chi connectivity index (χ0) is 40.7. The monoisotopic (exact) mass is 808 g/mol. The molecule has 0 N–H and O–H groups in total. The topological polar surface area (TPSA) is 64.7 Å². The number of para-hydroxylation sites is 2. The van der Waals surface area contributed by atoms with E-state index in [2.05, 4.69) is 164 Å². The molecule has 5 nitrogen and oxygen atoms in total. The first-order valence-electron chi connectivity index (χ1n) is 20.7. The lowest BCUT2D eigenvalue weighted by Crippen LogP contribution is -2.01. The molecule has 0 radical (unpaired) electrons. The maximum atomic E-state index is 6.46. The van der Waals surface area contributed by atoms with Crippen LogP contribution in [0.4, 0.5) is 0 Å². The van der Waals surface area contributed by atoms with Crippen LogP contribution in [-0.2, 0) is 0 Å². The van der Waals surface area contributed by atoms with Crippen molar-refractivity contribution in [1.82, 2.24) is 19.9 Å². The molecular formula is C56H32N4OS. The van der Waals surface area contributed by atoms with E-state index >= 15 is 0 Å². The molecular weight excluding hydrogens is 777 g/mol. The molecule has 0 unspecified atom stereocenters. The quantitative estimate of drug-likeness (QED) is 0.162. The molecule has 6 heteroatoms. The Labute approximate surface area is 359 Å². The van der Waals surface area contributed by atoms with Gasteiger partial charge in [0.2, 0.25) is 0 Å². The maximum Gasteiger partial charge on any atom is 0.164 e. The summed E-state index contributed by atoms with van der Waals surface area (Å²) in [6.07, 6.45) is 0. The fraction of sp³-hybridized carbons (Fsp3) is 0. The number of hydrogen-bond acceptors (Lipinski definition) is 6. The second-order valence-electron chi connectivity index (χ2n) is 15.7. The van der Waals surface area contributed by atoms with Gasteiger partial charge in [-0.05, 0) is 58.8 Å². The number of furan rings is 1. The predicted molar refractivity (Wildman–Crippen MR) is 257 cm³/mol. The summed E-state index contributed by atoms with van der Waals surface area (Å²) in [4.78, 5) is 21.3. The Kier molecular flexibility index (Phi) is 7.71. The van der Waals surface area contributed by atoms with Gasteiger partial charge in [0.05, 0.1) is 11.2 Å². The predicted octanol–water partition coefficient (Wildman–Crippen LogP) is 15.3. The van der Waals surface area contributed by atoms with Crippen LogP contribution >= 0.6 is 11.3 Å². The van der Waals surface area contributed by atoms with Gasteiger partial charge in [0, 0.05) is 74.9 Å². The van der Waals surface area contributed by atoms with Crippen molar-refractivity contribution in [3.05, 3.63) is 194 Å². The van der Waals surface area contributed by atoms with Crippen LogP contribution in [0.25, 0.3) is 131 Å². The van der Waals surface area contributed by atoms with E-state index < -0.39 is 0 Å². The van der Waals surface area contributed by atoms with Crippen LogP contribution in [-0.4, -0.2) is 19.9 Å². The Bertz CT molecular complexity index is 3930. The van der Waals surface area contributed by atoms with Crippen LogP contribution in [0.2, 0.25) is 0 Å². The molecule has 4 aromatic heterocycles. The minimum Gasteiger partial charge on any atom is -0.456 e. The molecule has 4 heterocycles. The van der Waals surface area contributed by atoms with Crippen LogP contribution in [0.3, 0.4) is 0 Å². The second-order valence-corrected chi connectivity index (χ2v) is 16.8. The summed E-state index contributed by atoms with van der Waals surface area (Å²) in [7, 11) is 0. The summed E-state index contributed by atoms with van der Waals surface area (Å²) >= 11 is 1.79. The molecule has 13 aromatic rings. The lowest BCUT2D eigenvalue weighted by Gasteiger charge is -2.16. The molecule has 0 bridgehead atoms. The van der Waals surface area contributed by atoms with Crippen LogP contribution in [0.1, 0.15) is 0 Å². The van der Waals surface area contributed by atoms with Crippen molar-refractivity contribution in [2.75, 3.05) is 0 Å². The maximum absolute atomic E-state index is 6.46. The highest BCUT2D eigenvalue weighted by Gasteiger charge is 2.21. The first-order valence-corrected chi connectivity index (χ1v) is 21.5. The Morgan fingerprint density at radius 2 is 1.00 bits per heavy atom. The highest BCUT2D eigenvalue weighted by Crippen LogP contribution is 2.44. The normalized spacial score (nSPS) is 11.9. The average molecular weight is 809 g/mol. The van der Waals surface area contributed by atoms with Crippen molar-refractivity contribution >= 4 is 85.9 Å². The van der Waals surface area contributed by atoms with Gasteiger partial charge in [-0.15, -0.1) is 11.3 Å². The third kappa shape index (κ3) is 5.47. The molecule has 0 saturated heterocycles. The van der Waals surface area contributed by atoms with Gasteiger partial charge in [-0.25, -0.2) is 19.9 Å². The Balaban J connectivity index is 1.08. The highest BCUT2D eigenvalue weighted by molar-refractivity contribution is 7.25. The molecule has 0 aliphatic heterocycles. The largest absolute Gasteiger partial charge is 0.456 e. The van der Waals surface area contributed by atoms with Gasteiger partial charge in [-0.1, -0.05) is 152 Å². The number of hydrogen-bond donors (Lipinski definition) is 0. The summed E-state index contributed by atoms with van der Waals surface area (Å²) in [6, 6.07) is 67.9. The molecule has 0 aliphatic rings. The average Bonchev–Trinajstić information content (AvgIpc) is 3.92. The number of aromatic nitrogens is 4. The van der Waals surface area contributed by atoms with Crippen molar-refractivity contribution in [2.45, 2.75) is 0 Å². The molecule has 0 fully saturated rings. The van der Waals surface area contributed by atoms with Crippen LogP contribution in [0, 0.1) is 0 Å². The van der Waals surface area contributed by atoms with Crippen LogP contribution < -0.4 is 0 Å². The van der Waals surface area contributed by atoms with Crippen LogP contribution in [0.15, 0.2) is 199 Å². The number of rotatable bonds is 5. The molecule has 62 heavy (non-hydrogen) atoms. The van der Waals surface area contributed by atoms with E-state index in [0.717, 1.165) is 93.5 Å². The van der Waals surface area contributed by atoms with Crippen molar-refractivity contribution in [3.63, 3.8) is 0 Å². The summed E-state index contributed by atoms with van der Waals surface area (Å²) in [6.45, 7) is 0. The van der Waals surface area contributed by atoms with Crippen molar-refractivity contribution < 1.29 is 4.42 Å². The highest BCUT2D eigenvalue weighted by atomic mass is 32.1. The second kappa shape index (κ2) is 13.7. The van der Waals surface area contributed by atoms with Gasteiger partial charge in [0.1, 0.15) is 11.2 Å². The van der Waals surface area contributed by atoms with Crippen molar-refractivity contribution in [3.8, 4) is 56.5 Å². The summed E-state index contributed by atoms with van der Waals surface area (Å²) < 4.78 is 8.92. The molecule has 0 aliphatic carbocycles. The fourth-order valence-corrected chi connectivity index (χ4v) is 10.4. The van der Waals surface area contributed by atoms with Gasteiger partial charge < -0.3 is 4.42 Å². The molecule has 288 valence electrons. The zero-order valence-electron chi connectivity index (χ0n) is 33.1. The Hall–Kier alpha value is -8.06. The summed E-state index contributed by atoms with van der Waals surface area (Å²) in [5.41, 5.74) is 9.46. The number of pyridine rings is 1. The van der Waals surface area contributed by atoms with Gasteiger partial charge >= 0.3 is 0 Å². The van der Waals surface area contributed by atoms with Crippen molar-refractivity contribution in [1.29, 1.82) is 0 Å².